The molecule has 0 radical (unpaired) electrons. The van der Waals surface area contributed by atoms with Gasteiger partial charge in [0.15, 0.2) is 0 Å². The average Bonchev–Trinajstić information content (AvgIpc) is 2.76. The van der Waals surface area contributed by atoms with Crippen molar-refractivity contribution in [2.24, 2.45) is 0 Å². The molecular weight excluding hydrogens is 262 g/mol. The van der Waals surface area contributed by atoms with Gasteiger partial charge in [-0.15, -0.1) is 0 Å². The molecule has 96 valence electrons. The van der Waals surface area contributed by atoms with E-state index >= 15 is 0 Å². The van der Waals surface area contributed by atoms with E-state index in [4.69, 9.17) is 11.6 Å². The summed E-state index contributed by atoms with van der Waals surface area (Å²) in [6.07, 6.45) is 3.47. The maximum atomic E-state index is 9.61. The maximum absolute atomic E-state index is 9.61. The minimum absolute atomic E-state index is 0.111. The molecule has 5 heteroatoms. The summed E-state index contributed by atoms with van der Waals surface area (Å²) < 4.78 is 1.80. The molecule has 3 aromatic heterocycles. The van der Waals surface area contributed by atoms with E-state index in [-0.39, 0.29) is 6.73 Å². The molecule has 3 heterocycles. The highest BCUT2D eigenvalue weighted by Gasteiger charge is 2.11. The van der Waals surface area contributed by atoms with Crippen LogP contribution < -0.4 is 0 Å². The number of aromatic nitrogens is 3. The Labute approximate surface area is 115 Å². The minimum Gasteiger partial charge on any atom is -0.376 e. The van der Waals surface area contributed by atoms with Gasteiger partial charge in [-0.25, -0.2) is 4.98 Å². The molecule has 0 bridgehead atoms. The van der Waals surface area contributed by atoms with Gasteiger partial charge < -0.3 is 9.67 Å². The molecule has 0 aromatic carbocycles. The fraction of sp³-hybridized carbons (Fsp3) is 0.143. The van der Waals surface area contributed by atoms with Crippen LogP contribution in [0.4, 0.5) is 0 Å². The van der Waals surface area contributed by atoms with Gasteiger partial charge in [0.2, 0.25) is 0 Å². The maximum Gasteiger partial charge on any atom is 0.131 e. The number of hydrogen-bond acceptors (Lipinski definition) is 3. The van der Waals surface area contributed by atoms with E-state index in [1.807, 2.05) is 25.1 Å². The van der Waals surface area contributed by atoms with Gasteiger partial charge in [-0.3, -0.25) is 4.98 Å². The van der Waals surface area contributed by atoms with E-state index in [0.717, 1.165) is 27.9 Å². The van der Waals surface area contributed by atoms with Crippen molar-refractivity contribution in [2.75, 3.05) is 0 Å². The quantitative estimate of drug-likeness (QED) is 0.730. The Kier molecular flexibility index (Phi) is 2.97. The number of nitrogens with zero attached hydrogens (tertiary/aromatic N) is 3. The molecule has 0 unspecified atom stereocenters. The molecule has 0 atom stereocenters. The summed E-state index contributed by atoms with van der Waals surface area (Å²) in [4.78, 5) is 8.25. The summed E-state index contributed by atoms with van der Waals surface area (Å²) in [5.74, 6) is 0. The summed E-state index contributed by atoms with van der Waals surface area (Å²) in [5.41, 5.74) is 3.73. The highest BCUT2D eigenvalue weighted by molar-refractivity contribution is 6.30. The number of hydrogen-bond donors (Lipinski definition) is 1. The molecule has 0 saturated heterocycles. The molecule has 0 fully saturated rings. The van der Waals surface area contributed by atoms with Crippen molar-refractivity contribution in [3.8, 4) is 11.3 Å². The van der Waals surface area contributed by atoms with Crippen LogP contribution in [0.15, 0.2) is 36.7 Å². The van der Waals surface area contributed by atoms with Crippen molar-refractivity contribution in [1.82, 2.24) is 14.5 Å². The lowest BCUT2D eigenvalue weighted by atomic mass is 10.1. The lowest BCUT2D eigenvalue weighted by Gasteiger charge is -2.07. The van der Waals surface area contributed by atoms with Gasteiger partial charge in [0.05, 0.1) is 11.2 Å². The molecular formula is C14H12ClN3O. The van der Waals surface area contributed by atoms with Gasteiger partial charge in [0.1, 0.15) is 11.9 Å². The predicted octanol–water partition coefficient (Wildman–Crippen LogP) is 3.01. The summed E-state index contributed by atoms with van der Waals surface area (Å²) in [7, 11) is 0. The number of halogens is 1. The van der Waals surface area contributed by atoms with E-state index in [2.05, 4.69) is 9.97 Å². The molecule has 0 aliphatic rings. The van der Waals surface area contributed by atoms with Crippen LogP contribution in [0.25, 0.3) is 22.2 Å². The molecule has 4 nitrogen and oxygen atoms in total. The third-order valence-electron chi connectivity index (χ3n) is 3.09. The van der Waals surface area contributed by atoms with Crippen molar-refractivity contribution >= 4 is 22.5 Å². The monoisotopic (exact) mass is 273 g/mol. The van der Waals surface area contributed by atoms with Crippen LogP contribution in [0, 0.1) is 6.92 Å². The Morgan fingerprint density at radius 2 is 2.11 bits per heavy atom. The summed E-state index contributed by atoms with van der Waals surface area (Å²) in [6.45, 7) is 1.83. The second-order valence-corrected chi connectivity index (χ2v) is 4.74. The largest absolute Gasteiger partial charge is 0.376 e. The van der Waals surface area contributed by atoms with Crippen LogP contribution in [0.1, 0.15) is 5.69 Å². The first-order chi connectivity index (χ1) is 9.19. The molecule has 0 saturated carbocycles. The van der Waals surface area contributed by atoms with Crippen molar-refractivity contribution in [1.29, 1.82) is 0 Å². The van der Waals surface area contributed by atoms with Crippen LogP contribution in [0.5, 0.6) is 0 Å². The third kappa shape index (κ3) is 2.09. The Bertz CT molecular complexity index is 752. The van der Waals surface area contributed by atoms with Crippen molar-refractivity contribution in [3.05, 3.63) is 47.5 Å². The van der Waals surface area contributed by atoms with Gasteiger partial charge in [0, 0.05) is 29.0 Å². The van der Waals surface area contributed by atoms with E-state index in [1.54, 1.807) is 23.0 Å². The van der Waals surface area contributed by atoms with Crippen molar-refractivity contribution in [3.63, 3.8) is 0 Å². The van der Waals surface area contributed by atoms with Crippen LogP contribution in [0.3, 0.4) is 0 Å². The van der Waals surface area contributed by atoms with Gasteiger partial charge in [-0.2, -0.15) is 0 Å². The van der Waals surface area contributed by atoms with Crippen LogP contribution in [0.2, 0.25) is 5.15 Å². The zero-order valence-electron chi connectivity index (χ0n) is 10.3. The van der Waals surface area contributed by atoms with Crippen LogP contribution in [-0.2, 0) is 6.73 Å². The van der Waals surface area contributed by atoms with Gasteiger partial charge in [0.25, 0.3) is 0 Å². The number of rotatable bonds is 2. The zero-order chi connectivity index (χ0) is 13.4. The van der Waals surface area contributed by atoms with E-state index in [9.17, 15) is 5.11 Å². The number of aliphatic hydroxyl groups excluding tert-OH is 1. The van der Waals surface area contributed by atoms with Crippen LogP contribution >= 0.6 is 11.6 Å². The third-order valence-corrected chi connectivity index (χ3v) is 3.29. The standard InChI is InChI=1S/C14H12ClN3O/c1-9-4-10(2-3-16-9)12-5-11-7-17-14(15)6-13(11)18(12)8-19/h2-7,19H,8H2,1H3. The molecule has 0 aliphatic carbocycles. The molecule has 0 amide bonds. The number of pyridine rings is 2. The highest BCUT2D eigenvalue weighted by atomic mass is 35.5. The first kappa shape index (κ1) is 12.1. The second kappa shape index (κ2) is 4.64. The Morgan fingerprint density at radius 3 is 2.84 bits per heavy atom. The number of aliphatic hydroxyl groups is 1. The van der Waals surface area contributed by atoms with E-state index in [0.29, 0.717) is 5.15 Å². The topological polar surface area (TPSA) is 50.9 Å². The van der Waals surface area contributed by atoms with Crippen molar-refractivity contribution < 1.29 is 5.11 Å². The number of fused-ring (bicyclic) bond motifs is 1. The smallest absolute Gasteiger partial charge is 0.131 e. The summed E-state index contributed by atoms with van der Waals surface area (Å²) in [6, 6.07) is 7.64. The molecule has 3 rings (SSSR count). The molecule has 3 aromatic rings. The molecule has 0 aliphatic heterocycles. The summed E-state index contributed by atoms with van der Waals surface area (Å²) >= 11 is 5.91. The molecule has 1 N–H and O–H groups in total. The Balaban J connectivity index is 2.29. The normalized spacial score (nSPS) is 11.1. The predicted molar refractivity (Wildman–Crippen MR) is 74.9 cm³/mol. The Morgan fingerprint density at radius 1 is 1.26 bits per heavy atom. The summed E-state index contributed by atoms with van der Waals surface area (Å²) in [5, 5.41) is 11.0. The Hall–Kier alpha value is -1.91. The van der Waals surface area contributed by atoms with E-state index < -0.39 is 0 Å². The fourth-order valence-electron chi connectivity index (χ4n) is 2.23. The second-order valence-electron chi connectivity index (χ2n) is 4.35. The SMILES string of the molecule is Cc1cc(-c2cc3cnc(Cl)cc3n2CO)ccn1. The highest BCUT2D eigenvalue weighted by Crippen LogP contribution is 2.28. The average molecular weight is 274 g/mol. The van der Waals surface area contributed by atoms with E-state index in [1.165, 1.54) is 0 Å². The first-order valence-electron chi connectivity index (χ1n) is 5.87. The van der Waals surface area contributed by atoms with Crippen molar-refractivity contribution in [2.45, 2.75) is 13.7 Å². The molecule has 0 spiro atoms. The van der Waals surface area contributed by atoms with Gasteiger partial charge in [-0.1, -0.05) is 11.6 Å². The minimum atomic E-state index is -0.111. The first-order valence-corrected chi connectivity index (χ1v) is 6.25. The molecule has 19 heavy (non-hydrogen) atoms. The van der Waals surface area contributed by atoms with Crippen LogP contribution in [-0.4, -0.2) is 19.6 Å². The lowest BCUT2D eigenvalue weighted by Crippen LogP contribution is -1.99. The van der Waals surface area contributed by atoms with Gasteiger partial charge >= 0.3 is 0 Å². The lowest BCUT2D eigenvalue weighted by molar-refractivity contribution is 0.217. The number of aryl methyl sites for hydroxylation is 1. The fourth-order valence-corrected chi connectivity index (χ4v) is 2.38. The zero-order valence-corrected chi connectivity index (χ0v) is 11.1. The van der Waals surface area contributed by atoms with Gasteiger partial charge in [-0.05, 0) is 31.2 Å².